The molecule has 0 saturated carbocycles. The van der Waals surface area contributed by atoms with Gasteiger partial charge in [0.1, 0.15) is 0 Å². The first-order valence-corrected chi connectivity index (χ1v) is 13.3. The van der Waals surface area contributed by atoms with Gasteiger partial charge in [0.25, 0.3) is 0 Å². The Morgan fingerprint density at radius 1 is 1.15 bits per heavy atom. The summed E-state index contributed by atoms with van der Waals surface area (Å²) in [6.07, 6.45) is 10.0. The number of rotatable bonds is 4. The van der Waals surface area contributed by atoms with Crippen molar-refractivity contribution in [2.75, 3.05) is 42.4 Å². The molecule has 2 aromatic heterocycles. The molecule has 9 heteroatoms. The largest absolute Gasteiger partial charge is 0.377 e. The average Bonchev–Trinajstić information content (AvgIpc) is 3.32. The van der Waals surface area contributed by atoms with Crippen LogP contribution in [-0.4, -0.2) is 62.0 Å². The number of sulfone groups is 1. The van der Waals surface area contributed by atoms with Gasteiger partial charge >= 0.3 is 0 Å². The van der Waals surface area contributed by atoms with Crippen molar-refractivity contribution in [1.29, 1.82) is 0 Å². The van der Waals surface area contributed by atoms with E-state index in [0.29, 0.717) is 30.5 Å². The van der Waals surface area contributed by atoms with Crippen LogP contribution >= 0.6 is 0 Å². The maximum absolute atomic E-state index is 11.8. The fraction of sp³-hybridized carbons (Fsp3) is 0.320. The molecule has 3 aliphatic rings. The highest BCUT2D eigenvalue weighted by molar-refractivity contribution is 7.90. The van der Waals surface area contributed by atoms with E-state index >= 15 is 0 Å². The lowest BCUT2D eigenvalue weighted by molar-refractivity contribution is 0.0936. The standard InChI is InChI=1S/C25H25N5O3S/c1-34(31,32)21-7-5-17(6-8-21)14-29-15-20-16-33-10-9-30(20)25-23(29)13-27-24(28-25)19-11-18-3-2-4-22(18)26-12-19/h2,4-8,11-13,20H,3,9-10,14-16H2,1H3. The van der Waals surface area contributed by atoms with Crippen molar-refractivity contribution in [3.05, 3.63) is 65.6 Å². The minimum absolute atomic E-state index is 0.196. The summed E-state index contributed by atoms with van der Waals surface area (Å²) in [5.74, 6) is 1.58. The highest BCUT2D eigenvalue weighted by Gasteiger charge is 2.35. The molecule has 1 atom stereocenters. The van der Waals surface area contributed by atoms with Gasteiger partial charge in [-0.3, -0.25) is 4.98 Å². The van der Waals surface area contributed by atoms with Crippen LogP contribution in [0.5, 0.6) is 0 Å². The van der Waals surface area contributed by atoms with Gasteiger partial charge in [-0.25, -0.2) is 18.4 Å². The second-order valence-electron chi connectivity index (χ2n) is 9.00. The van der Waals surface area contributed by atoms with Crippen molar-refractivity contribution in [1.82, 2.24) is 15.0 Å². The lowest BCUT2D eigenvalue weighted by Gasteiger charge is -2.45. The van der Waals surface area contributed by atoms with Gasteiger partial charge in [-0.05, 0) is 41.8 Å². The molecule has 0 radical (unpaired) electrons. The van der Waals surface area contributed by atoms with Gasteiger partial charge in [-0.15, -0.1) is 0 Å². The van der Waals surface area contributed by atoms with Gasteiger partial charge in [-0.1, -0.05) is 18.2 Å². The fourth-order valence-electron chi connectivity index (χ4n) is 4.84. The van der Waals surface area contributed by atoms with Crippen LogP contribution in [-0.2, 0) is 27.5 Å². The molecule has 0 amide bonds. The fourth-order valence-corrected chi connectivity index (χ4v) is 5.47. The average molecular weight is 476 g/mol. The molecular weight excluding hydrogens is 450 g/mol. The number of fused-ring (bicyclic) bond motifs is 4. The Bertz CT molecular complexity index is 1390. The Morgan fingerprint density at radius 2 is 2.00 bits per heavy atom. The van der Waals surface area contributed by atoms with E-state index in [2.05, 4.69) is 26.9 Å². The van der Waals surface area contributed by atoms with Gasteiger partial charge in [0.05, 0.1) is 41.7 Å². The third-order valence-electron chi connectivity index (χ3n) is 6.62. The molecule has 0 N–H and O–H groups in total. The zero-order valence-corrected chi connectivity index (χ0v) is 19.7. The number of morpholine rings is 1. The first-order chi connectivity index (χ1) is 16.5. The summed E-state index contributed by atoms with van der Waals surface area (Å²) in [5.41, 5.74) is 5.14. The monoisotopic (exact) mass is 475 g/mol. The third-order valence-corrected chi connectivity index (χ3v) is 7.75. The quantitative estimate of drug-likeness (QED) is 0.569. The van der Waals surface area contributed by atoms with Crippen LogP contribution in [0.3, 0.4) is 0 Å². The Kier molecular flexibility index (Phi) is 5.11. The molecule has 6 rings (SSSR count). The van der Waals surface area contributed by atoms with Crippen molar-refractivity contribution in [3.8, 4) is 11.4 Å². The summed E-state index contributed by atoms with van der Waals surface area (Å²) in [6, 6.07) is 9.41. The maximum Gasteiger partial charge on any atom is 0.175 e. The number of pyridine rings is 1. The lowest BCUT2D eigenvalue weighted by Crippen LogP contribution is -2.55. The van der Waals surface area contributed by atoms with Gasteiger partial charge in [0.2, 0.25) is 0 Å². The van der Waals surface area contributed by atoms with Crippen LogP contribution < -0.4 is 9.80 Å². The first-order valence-electron chi connectivity index (χ1n) is 11.4. The highest BCUT2D eigenvalue weighted by atomic mass is 32.2. The first kappa shape index (κ1) is 21.2. The Balaban J connectivity index is 1.35. The molecule has 8 nitrogen and oxygen atoms in total. The smallest absolute Gasteiger partial charge is 0.175 e. The minimum atomic E-state index is -3.22. The van der Waals surface area contributed by atoms with Crippen molar-refractivity contribution in [3.63, 3.8) is 0 Å². The van der Waals surface area contributed by atoms with E-state index in [9.17, 15) is 8.42 Å². The van der Waals surface area contributed by atoms with Gasteiger partial charge in [-0.2, -0.15) is 0 Å². The van der Waals surface area contributed by atoms with Crippen LogP contribution in [0.4, 0.5) is 11.5 Å². The molecule has 2 aliphatic heterocycles. The Hall–Kier alpha value is -3.30. The number of hydrogen-bond acceptors (Lipinski definition) is 8. The molecule has 0 bridgehead atoms. The summed E-state index contributed by atoms with van der Waals surface area (Å²) in [6.45, 7) is 3.53. The molecule has 1 saturated heterocycles. The summed E-state index contributed by atoms with van der Waals surface area (Å²) in [4.78, 5) is 19.2. The number of nitrogens with zero attached hydrogens (tertiary/aromatic N) is 5. The van der Waals surface area contributed by atoms with Crippen LogP contribution in [0.1, 0.15) is 16.8 Å². The Morgan fingerprint density at radius 3 is 2.82 bits per heavy atom. The molecule has 1 aliphatic carbocycles. The summed E-state index contributed by atoms with van der Waals surface area (Å²) < 4.78 is 29.4. The van der Waals surface area contributed by atoms with Crippen LogP contribution in [0.15, 0.2) is 53.7 Å². The predicted octanol–water partition coefficient (Wildman–Crippen LogP) is 2.74. The maximum atomic E-state index is 11.8. The summed E-state index contributed by atoms with van der Waals surface area (Å²) in [5, 5.41) is 0. The molecule has 4 heterocycles. The van der Waals surface area contributed by atoms with Crippen molar-refractivity contribution in [2.45, 2.75) is 23.9 Å². The van der Waals surface area contributed by atoms with E-state index in [4.69, 9.17) is 14.7 Å². The normalized spacial score (nSPS) is 19.0. The molecule has 1 unspecified atom stereocenters. The van der Waals surface area contributed by atoms with Crippen molar-refractivity contribution < 1.29 is 13.2 Å². The number of ether oxygens (including phenoxy) is 1. The molecule has 3 aromatic rings. The van der Waals surface area contributed by atoms with Crippen molar-refractivity contribution >= 4 is 27.4 Å². The third kappa shape index (κ3) is 3.84. The molecule has 1 fully saturated rings. The summed E-state index contributed by atoms with van der Waals surface area (Å²) in [7, 11) is -3.22. The second kappa shape index (κ2) is 8.18. The number of anilines is 2. The SMILES string of the molecule is CS(=O)(=O)c1ccc(CN2CC3COCCN3c3nc(-c4cnc5c(c4)CC=C5)ncc32)cc1. The molecular formula is C25H25N5O3S. The zero-order chi connectivity index (χ0) is 23.3. The number of allylic oxidation sites excluding steroid dienone is 1. The van der Waals surface area contributed by atoms with E-state index in [1.165, 1.54) is 11.8 Å². The van der Waals surface area contributed by atoms with Gasteiger partial charge < -0.3 is 14.5 Å². The Labute approximate surface area is 198 Å². The molecule has 174 valence electrons. The zero-order valence-electron chi connectivity index (χ0n) is 18.9. The van der Waals surface area contributed by atoms with Crippen LogP contribution in [0.25, 0.3) is 17.5 Å². The minimum Gasteiger partial charge on any atom is -0.377 e. The van der Waals surface area contributed by atoms with E-state index in [1.807, 2.05) is 30.6 Å². The number of aromatic nitrogens is 3. The van der Waals surface area contributed by atoms with Crippen molar-refractivity contribution in [2.24, 2.45) is 0 Å². The van der Waals surface area contributed by atoms with E-state index in [1.54, 1.807) is 12.1 Å². The van der Waals surface area contributed by atoms with Gasteiger partial charge in [0.15, 0.2) is 21.5 Å². The number of benzene rings is 1. The summed E-state index contributed by atoms with van der Waals surface area (Å²) >= 11 is 0. The van der Waals surface area contributed by atoms with Gasteiger partial charge in [0, 0.05) is 37.7 Å². The topological polar surface area (TPSA) is 88.5 Å². The van der Waals surface area contributed by atoms with E-state index in [-0.39, 0.29) is 6.04 Å². The van der Waals surface area contributed by atoms with Crippen LogP contribution in [0.2, 0.25) is 0 Å². The lowest BCUT2D eigenvalue weighted by atomic mass is 10.1. The highest BCUT2D eigenvalue weighted by Crippen LogP contribution is 2.37. The molecule has 0 spiro atoms. The molecule has 1 aromatic carbocycles. The van der Waals surface area contributed by atoms with E-state index in [0.717, 1.165) is 47.8 Å². The van der Waals surface area contributed by atoms with Crippen LogP contribution in [0, 0.1) is 0 Å². The second-order valence-corrected chi connectivity index (χ2v) is 11.0. The molecule has 34 heavy (non-hydrogen) atoms. The number of hydrogen-bond donors (Lipinski definition) is 0. The van der Waals surface area contributed by atoms with E-state index < -0.39 is 9.84 Å². The predicted molar refractivity (Wildman–Crippen MR) is 131 cm³/mol.